The highest BCUT2D eigenvalue weighted by Crippen LogP contribution is 2.21. The van der Waals surface area contributed by atoms with Crippen molar-refractivity contribution in [3.05, 3.63) is 23.2 Å². The highest BCUT2D eigenvalue weighted by atomic mass is 16.4. The van der Waals surface area contributed by atoms with Crippen molar-refractivity contribution in [3.8, 4) is 0 Å². The van der Waals surface area contributed by atoms with Crippen LogP contribution in [0.1, 0.15) is 42.6 Å². The van der Waals surface area contributed by atoms with E-state index < -0.39 is 23.3 Å². The van der Waals surface area contributed by atoms with Crippen LogP contribution >= 0.6 is 0 Å². The molecular formula is C13H19NO4. The van der Waals surface area contributed by atoms with Gasteiger partial charge in [-0.15, -0.1) is 0 Å². The summed E-state index contributed by atoms with van der Waals surface area (Å²) in [5, 5.41) is 11.7. The minimum Gasteiger partial charge on any atom is -0.480 e. The van der Waals surface area contributed by atoms with E-state index in [9.17, 15) is 9.59 Å². The van der Waals surface area contributed by atoms with Crippen LogP contribution in [0.5, 0.6) is 0 Å². The van der Waals surface area contributed by atoms with E-state index in [0.29, 0.717) is 17.1 Å². The summed E-state index contributed by atoms with van der Waals surface area (Å²) in [6.45, 7) is 8.70. The number of aryl methyl sites for hydroxylation is 2. The van der Waals surface area contributed by atoms with Crippen LogP contribution < -0.4 is 5.32 Å². The van der Waals surface area contributed by atoms with Crippen LogP contribution in [0.15, 0.2) is 10.5 Å². The number of carbonyl (C=O) groups excluding carboxylic acids is 1. The molecule has 1 aromatic rings. The quantitative estimate of drug-likeness (QED) is 0.864. The van der Waals surface area contributed by atoms with Crippen LogP contribution in [0.2, 0.25) is 0 Å². The van der Waals surface area contributed by atoms with E-state index in [1.807, 2.05) is 0 Å². The van der Waals surface area contributed by atoms with Crippen molar-refractivity contribution in [1.82, 2.24) is 5.32 Å². The summed E-state index contributed by atoms with van der Waals surface area (Å²) in [6.07, 6.45) is 0. The Labute approximate surface area is 106 Å². The van der Waals surface area contributed by atoms with Gasteiger partial charge in [0.25, 0.3) is 5.91 Å². The van der Waals surface area contributed by atoms with Gasteiger partial charge < -0.3 is 14.8 Å². The van der Waals surface area contributed by atoms with Crippen LogP contribution in [0, 0.1) is 19.3 Å². The SMILES string of the molecule is Cc1cc(C(=O)NC(C(=O)O)C(C)(C)C)c(C)o1. The van der Waals surface area contributed by atoms with Crippen LogP contribution in [0.4, 0.5) is 0 Å². The number of carbonyl (C=O) groups is 2. The number of nitrogens with one attached hydrogen (secondary N) is 1. The number of amides is 1. The molecule has 1 amide bonds. The molecule has 0 fully saturated rings. The second kappa shape index (κ2) is 4.84. The zero-order valence-electron chi connectivity index (χ0n) is 11.3. The maximum atomic E-state index is 12.0. The number of rotatable bonds is 3. The van der Waals surface area contributed by atoms with Gasteiger partial charge >= 0.3 is 5.97 Å². The maximum Gasteiger partial charge on any atom is 0.326 e. The van der Waals surface area contributed by atoms with Gasteiger partial charge in [-0.1, -0.05) is 20.8 Å². The predicted molar refractivity (Wildman–Crippen MR) is 66.5 cm³/mol. The average molecular weight is 253 g/mol. The van der Waals surface area contributed by atoms with Crippen molar-refractivity contribution in [2.45, 2.75) is 40.7 Å². The Morgan fingerprint density at radius 1 is 1.33 bits per heavy atom. The van der Waals surface area contributed by atoms with Crippen LogP contribution in [-0.2, 0) is 4.79 Å². The molecule has 1 heterocycles. The number of carboxylic acid groups (broad SMARTS) is 1. The Morgan fingerprint density at radius 2 is 1.89 bits per heavy atom. The van der Waals surface area contributed by atoms with Crippen molar-refractivity contribution in [2.75, 3.05) is 0 Å². The third-order valence-corrected chi connectivity index (χ3v) is 2.67. The molecule has 0 aromatic carbocycles. The Hall–Kier alpha value is -1.78. The summed E-state index contributed by atoms with van der Waals surface area (Å²) in [7, 11) is 0. The van der Waals surface area contributed by atoms with Gasteiger partial charge in [0, 0.05) is 0 Å². The molecule has 0 aliphatic carbocycles. The van der Waals surface area contributed by atoms with Gasteiger partial charge in [0.1, 0.15) is 17.6 Å². The Balaban J connectivity index is 2.93. The summed E-state index contributed by atoms with van der Waals surface area (Å²) in [5.41, 5.74) is -0.184. The first kappa shape index (κ1) is 14.3. The fourth-order valence-corrected chi connectivity index (χ4v) is 1.71. The van der Waals surface area contributed by atoms with Crippen LogP contribution in [0.3, 0.4) is 0 Å². The van der Waals surface area contributed by atoms with E-state index in [4.69, 9.17) is 9.52 Å². The maximum absolute atomic E-state index is 12.0. The van der Waals surface area contributed by atoms with E-state index in [1.54, 1.807) is 40.7 Å². The molecule has 1 rings (SSSR count). The molecule has 1 unspecified atom stereocenters. The van der Waals surface area contributed by atoms with Gasteiger partial charge in [-0.25, -0.2) is 4.79 Å². The molecule has 0 spiro atoms. The first-order valence-corrected chi connectivity index (χ1v) is 5.73. The van der Waals surface area contributed by atoms with Crippen molar-refractivity contribution >= 4 is 11.9 Å². The Morgan fingerprint density at radius 3 is 2.22 bits per heavy atom. The first-order chi connectivity index (χ1) is 8.12. The lowest BCUT2D eigenvalue weighted by Gasteiger charge is -2.27. The van der Waals surface area contributed by atoms with Gasteiger partial charge in [0.2, 0.25) is 0 Å². The molecule has 0 bridgehead atoms. The predicted octanol–water partition coefficient (Wildman–Crippen LogP) is 2.13. The number of aliphatic carboxylic acids is 1. The standard InChI is InChI=1S/C13H19NO4/c1-7-6-9(8(2)18-7)11(15)14-10(12(16)17)13(3,4)5/h6,10H,1-5H3,(H,14,15)(H,16,17). The van der Waals surface area contributed by atoms with Crippen molar-refractivity contribution in [2.24, 2.45) is 5.41 Å². The Bertz CT molecular complexity index is 468. The molecule has 0 radical (unpaired) electrons. The van der Waals surface area contributed by atoms with Crippen molar-refractivity contribution < 1.29 is 19.1 Å². The highest BCUT2D eigenvalue weighted by Gasteiger charge is 2.33. The number of hydrogen-bond acceptors (Lipinski definition) is 3. The molecule has 18 heavy (non-hydrogen) atoms. The fourth-order valence-electron chi connectivity index (χ4n) is 1.71. The second-order valence-corrected chi connectivity index (χ2v) is 5.44. The van der Waals surface area contributed by atoms with Crippen molar-refractivity contribution in [3.63, 3.8) is 0 Å². The average Bonchev–Trinajstić information content (AvgIpc) is 2.51. The van der Waals surface area contributed by atoms with E-state index in [2.05, 4.69) is 5.32 Å². The first-order valence-electron chi connectivity index (χ1n) is 5.73. The summed E-state index contributed by atoms with van der Waals surface area (Å²) >= 11 is 0. The second-order valence-electron chi connectivity index (χ2n) is 5.44. The monoisotopic (exact) mass is 253 g/mol. The van der Waals surface area contributed by atoms with Gasteiger partial charge in [0.05, 0.1) is 5.56 Å². The zero-order valence-corrected chi connectivity index (χ0v) is 11.3. The lowest BCUT2D eigenvalue weighted by atomic mass is 9.86. The van der Waals surface area contributed by atoms with E-state index >= 15 is 0 Å². The summed E-state index contributed by atoms with van der Waals surface area (Å²) in [6, 6.07) is 0.659. The third-order valence-electron chi connectivity index (χ3n) is 2.67. The molecule has 5 heteroatoms. The fraction of sp³-hybridized carbons (Fsp3) is 0.538. The smallest absolute Gasteiger partial charge is 0.326 e. The van der Waals surface area contributed by atoms with Crippen molar-refractivity contribution in [1.29, 1.82) is 0 Å². The van der Waals surface area contributed by atoms with Gasteiger partial charge in [-0.3, -0.25) is 4.79 Å². The minimum atomic E-state index is -1.05. The minimum absolute atomic E-state index is 0.378. The number of furan rings is 1. The largest absolute Gasteiger partial charge is 0.480 e. The van der Waals surface area contributed by atoms with E-state index in [0.717, 1.165) is 0 Å². The molecular weight excluding hydrogens is 234 g/mol. The zero-order chi connectivity index (χ0) is 14.1. The lowest BCUT2D eigenvalue weighted by Crippen LogP contribution is -2.49. The normalized spacial score (nSPS) is 13.2. The summed E-state index contributed by atoms with van der Waals surface area (Å²) in [4.78, 5) is 23.2. The number of carboxylic acids is 1. The molecule has 0 saturated carbocycles. The van der Waals surface area contributed by atoms with E-state index in [-0.39, 0.29) is 0 Å². The molecule has 0 saturated heterocycles. The van der Waals surface area contributed by atoms with Gasteiger partial charge in [0.15, 0.2) is 0 Å². The Kier molecular flexibility index (Phi) is 3.84. The third kappa shape index (κ3) is 3.12. The molecule has 2 N–H and O–H groups in total. The molecule has 0 aliphatic heterocycles. The summed E-state index contributed by atoms with van der Waals surface area (Å²) in [5.74, 6) is -0.358. The molecule has 0 aliphatic rings. The van der Waals surface area contributed by atoms with Gasteiger partial charge in [-0.2, -0.15) is 0 Å². The van der Waals surface area contributed by atoms with Crippen LogP contribution in [-0.4, -0.2) is 23.0 Å². The summed E-state index contributed by atoms with van der Waals surface area (Å²) < 4.78 is 5.26. The lowest BCUT2D eigenvalue weighted by molar-refractivity contribution is -0.142. The molecule has 1 aromatic heterocycles. The highest BCUT2D eigenvalue weighted by molar-refractivity contribution is 5.97. The molecule has 1 atom stereocenters. The number of hydrogen-bond donors (Lipinski definition) is 2. The van der Waals surface area contributed by atoms with Crippen LogP contribution in [0.25, 0.3) is 0 Å². The molecule has 100 valence electrons. The van der Waals surface area contributed by atoms with E-state index in [1.165, 1.54) is 0 Å². The van der Waals surface area contributed by atoms with Gasteiger partial charge in [-0.05, 0) is 25.3 Å². The topological polar surface area (TPSA) is 79.5 Å². The molecule has 5 nitrogen and oxygen atoms in total.